The number of aliphatic hydroxyl groups is 1. The Morgan fingerprint density at radius 1 is 0.909 bits per heavy atom. The minimum Gasteiger partial charge on any atom is -0.393 e. The summed E-state index contributed by atoms with van der Waals surface area (Å²) in [5, 5.41) is 9.26. The third-order valence-corrected chi connectivity index (χ3v) is 3.50. The SMILES string of the molecule is OC1CC2(CCCCCC2)C1. The fourth-order valence-electron chi connectivity index (χ4n) is 2.83. The van der Waals surface area contributed by atoms with Gasteiger partial charge < -0.3 is 5.11 Å². The lowest BCUT2D eigenvalue weighted by atomic mass is 9.62. The van der Waals surface area contributed by atoms with Crippen LogP contribution < -0.4 is 0 Å². The van der Waals surface area contributed by atoms with E-state index in [1.165, 1.54) is 38.5 Å². The van der Waals surface area contributed by atoms with Gasteiger partial charge in [0.1, 0.15) is 0 Å². The maximum absolute atomic E-state index is 9.26. The van der Waals surface area contributed by atoms with Gasteiger partial charge in [0.15, 0.2) is 0 Å². The zero-order valence-electron chi connectivity index (χ0n) is 7.18. The molecule has 1 spiro atoms. The Labute approximate surface area is 68.8 Å². The normalized spacial score (nSPS) is 31.4. The molecule has 1 N–H and O–H groups in total. The van der Waals surface area contributed by atoms with Gasteiger partial charge in [-0.3, -0.25) is 0 Å². The second kappa shape index (κ2) is 2.78. The largest absolute Gasteiger partial charge is 0.393 e. The van der Waals surface area contributed by atoms with E-state index in [0.717, 1.165) is 12.8 Å². The van der Waals surface area contributed by atoms with Gasteiger partial charge >= 0.3 is 0 Å². The van der Waals surface area contributed by atoms with Crippen LogP contribution in [0.15, 0.2) is 0 Å². The van der Waals surface area contributed by atoms with E-state index in [4.69, 9.17) is 0 Å². The molecule has 1 nitrogen and oxygen atoms in total. The second-order valence-corrected chi connectivity index (χ2v) is 4.48. The van der Waals surface area contributed by atoms with Crippen molar-refractivity contribution >= 4 is 0 Å². The summed E-state index contributed by atoms with van der Waals surface area (Å²) in [5.41, 5.74) is 0.607. The average molecular weight is 154 g/mol. The summed E-state index contributed by atoms with van der Waals surface area (Å²) >= 11 is 0. The van der Waals surface area contributed by atoms with Gasteiger partial charge in [-0.05, 0) is 31.1 Å². The summed E-state index contributed by atoms with van der Waals surface area (Å²) in [6.07, 6.45) is 10.7. The summed E-state index contributed by atoms with van der Waals surface area (Å²) in [6.45, 7) is 0. The summed E-state index contributed by atoms with van der Waals surface area (Å²) in [6, 6.07) is 0. The molecule has 0 aromatic carbocycles. The molecule has 0 radical (unpaired) electrons. The van der Waals surface area contributed by atoms with Crippen LogP contribution >= 0.6 is 0 Å². The van der Waals surface area contributed by atoms with Gasteiger partial charge in [-0.15, -0.1) is 0 Å². The van der Waals surface area contributed by atoms with Gasteiger partial charge in [0, 0.05) is 0 Å². The van der Waals surface area contributed by atoms with Gasteiger partial charge in [0.25, 0.3) is 0 Å². The molecule has 64 valence electrons. The van der Waals surface area contributed by atoms with E-state index in [1.54, 1.807) is 0 Å². The van der Waals surface area contributed by atoms with Crippen molar-refractivity contribution in [2.75, 3.05) is 0 Å². The zero-order chi connectivity index (χ0) is 7.73. The van der Waals surface area contributed by atoms with Crippen molar-refractivity contribution in [2.24, 2.45) is 5.41 Å². The first kappa shape index (κ1) is 7.60. The van der Waals surface area contributed by atoms with Crippen LogP contribution in [0.4, 0.5) is 0 Å². The van der Waals surface area contributed by atoms with E-state index < -0.39 is 0 Å². The molecule has 0 amide bonds. The fourth-order valence-corrected chi connectivity index (χ4v) is 2.83. The molecule has 0 atom stereocenters. The molecule has 2 aliphatic rings. The van der Waals surface area contributed by atoms with Gasteiger partial charge in [-0.25, -0.2) is 0 Å². The van der Waals surface area contributed by atoms with E-state index in [2.05, 4.69) is 0 Å². The van der Waals surface area contributed by atoms with Crippen LogP contribution in [0.5, 0.6) is 0 Å². The van der Waals surface area contributed by atoms with Crippen LogP contribution in [0.25, 0.3) is 0 Å². The molecule has 11 heavy (non-hydrogen) atoms. The molecule has 0 aromatic heterocycles. The van der Waals surface area contributed by atoms with Crippen LogP contribution in [0.2, 0.25) is 0 Å². The van der Waals surface area contributed by atoms with E-state index in [-0.39, 0.29) is 6.10 Å². The number of hydrogen-bond acceptors (Lipinski definition) is 1. The standard InChI is InChI=1S/C10H18O/c11-9-7-10(8-9)5-3-1-2-4-6-10/h9,11H,1-8H2. The van der Waals surface area contributed by atoms with Crippen molar-refractivity contribution in [1.29, 1.82) is 0 Å². The minimum atomic E-state index is 0.0492. The third kappa shape index (κ3) is 1.44. The topological polar surface area (TPSA) is 20.2 Å². The summed E-state index contributed by atoms with van der Waals surface area (Å²) in [7, 11) is 0. The predicted octanol–water partition coefficient (Wildman–Crippen LogP) is 2.48. The minimum absolute atomic E-state index is 0.0492. The molecule has 0 heterocycles. The van der Waals surface area contributed by atoms with Gasteiger partial charge in [0.2, 0.25) is 0 Å². The highest BCUT2D eigenvalue weighted by Gasteiger charge is 2.42. The quantitative estimate of drug-likeness (QED) is 0.568. The summed E-state index contributed by atoms with van der Waals surface area (Å²) in [4.78, 5) is 0. The fraction of sp³-hybridized carbons (Fsp3) is 1.00. The molecule has 0 aliphatic heterocycles. The zero-order valence-corrected chi connectivity index (χ0v) is 7.18. The van der Waals surface area contributed by atoms with Gasteiger partial charge in [-0.2, -0.15) is 0 Å². The Morgan fingerprint density at radius 2 is 1.45 bits per heavy atom. The van der Waals surface area contributed by atoms with Crippen molar-refractivity contribution < 1.29 is 5.11 Å². The molecular weight excluding hydrogens is 136 g/mol. The van der Waals surface area contributed by atoms with E-state index >= 15 is 0 Å². The van der Waals surface area contributed by atoms with E-state index in [0.29, 0.717) is 5.41 Å². The molecule has 0 saturated heterocycles. The Kier molecular flexibility index (Phi) is 1.92. The lowest BCUT2D eigenvalue weighted by Crippen LogP contribution is -2.40. The van der Waals surface area contributed by atoms with E-state index in [9.17, 15) is 5.11 Å². The Bertz CT molecular complexity index is 126. The Balaban J connectivity index is 1.91. The first-order valence-electron chi connectivity index (χ1n) is 4.99. The third-order valence-electron chi connectivity index (χ3n) is 3.50. The van der Waals surface area contributed by atoms with E-state index in [1.807, 2.05) is 0 Å². The van der Waals surface area contributed by atoms with Crippen molar-refractivity contribution in [3.63, 3.8) is 0 Å². The molecule has 2 saturated carbocycles. The molecule has 0 aromatic rings. The smallest absolute Gasteiger partial charge is 0.0550 e. The predicted molar refractivity (Wildman–Crippen MR) is 45.4 cm³/mol. The van der Waals surface area contributed by atoms with Gasteiger partial charge in [-0.1, -0.05) is 25.7 Å². The maximum Gasteiger partial charge on any atom is 0.0550 e. The monoisotopic (exact) mass is 154 g/mol. The van der Waals surface area contributed by atoms with Gasteiger partial charge in [0.05, 0.1) is 6.10 Å². The van der Waals surface area contributed by atoms with Crippen LogP contribution in [0, 0.1) is 5.41 Å². The van der Waals surface area contributed by atoms with Crippen molar-refractivity contribution in [2.45, 2.75) is 57.5 Å². The highest BCUT2D eigenvalue weighted by Crippen LogP contribution is 2.50. The van der Waals surface area contributed by atoms with Crippen molar-refractivity contribution in [1.82, 2.24) is 0 Å². The highest BCUT2D eigenvalue weighted by molar-refractivity contribution is 4.94. The first-order chi connectivity index (χ1) is 5.31. The maximum atomic E-state index is 9.26. The van der Waals surface area contributed by atoms with Crippen LogP contribution in [0.1, 0.15) is 51.4 Å². The second-order valence-electron chi connectivity index (χ2n) is 4.48. The molecular formula is C10H18O. The molecule has 1 heteroatoms. The summed E-state index contributed by atoms with van der Waals surface area (Å²) < 4.78 is 0. The highest BCUT2D eigenvalue weighted by atomic mass is 16.3. The lowest BCUT2D eigenvalue weighted by molar-refractivity contribution is -0.0413. The van der Waals surface area contributed by atoms with Crippen molar-refractivity contribution in [3.05, 3.63) is 0 Å². The van der Waals surface area contributed by atoms with Crippen LogP contribution in [-0.4, -0.2) is 11.2 Å². The van der Waals surface area contributed by atoms with Crippen LogP contribution in [-0.2, 0) is 0 Å². The summed E-state index contributed by atoms with van der Waals surface area (Å²) in [5.74, 6) is 0. The van der Waals surface area contributed by atoms with Crippen LogP contribution in [0.3, 0.4) is 0 Å². The first-order valence-corrected chi connectivity index (χ1v) is 4.99. The number of hydrogen-bond donors (Lipinski definition) is 1. The Morgan fingerprint density at radius 3 is 1.91 bits per heavy atom. The molecule has 0 unspecified atom stereocenters. The average Bonchev–Trinajstić information content (AvgIpc) is 2.12. The number of aliphatic hydroxyl groups excluding tert-OH is 1. The lowest BCUT2D eigenvalue weighted by Gasteiger charge is -2.45. The molecule has 2 fully saturated rings. The Hall–Kier alpha value is -0.0400. The number of rotatable bonds is 0. The molecule has 2 aliphatic carbocycles. The van der Waals surface area contributed by atoms with Crippen molar-refractivity contribution in [3.8, 4) is 0 Å². The molecule has 0 bridgehead atoms. The molecule has 2 rings (SSSR count).